The van der Waals surface area contributed by atoms with Crippen LogP contribution < -0.4 is 5.32 Å². The molecule has 1 amide bonds. The Kier molecular flexibility index (Phi) is 6.87. The Hall–Kier alpha value is -0.710. The van der Waals surface area contributed by atoms with Crippen molar-refractivity contribution in [2.45, 2.75) is 36.3 Å². The number of hydrogen-bond acceptors (Lipinski definition) is 3. The quantitative estimate of drug-likeness (QED) is 0.615. The van der Waals surface area contributed by atoms with E-state index in [1.807, 2.05) is 31.2 Å². The molecule has 0 bridgehead atoms. The van der Waals surface area contributed by atoms with Gasteiger partial charge in [-0.25, -0.2) is 0 Å². The van der Waals surface area contributed by atoms with Crippen molar-refractivity contribution in [3.8, 4) is 0 Å². The Morgan fingerprint density at radius 3 is 2.67 bits per heavy atom. The molecule has 1 N–H and O–H groups in total. The molecule has 1 aliphatic rings. The molecule has 0 aromatic heterocycles. The van der Waals surface area contributed by atoms with Gasteiger partial charge in [0, 0.05) is 16.5 Å². The molecule has 0 radical (unpaired) electrons. The summed E-state index contributed by atoms with van der Waals surface area (Å²) in [7, 11) is 0. The van der Waals surface area contributed by atoms with E-state index in [4.69, 9.17) is 11.6 Å². The zero-order valence-electron chi connectivity index (χ0n) is 12.5. The van der Waals surface area contributed by atoms with Crippen LogP contribution in [0.2, 0.25) is 5.02 Å². The second-order valence-corrected chi connectivity index (χ2v) is 7.26. The number of nitrogens with one attached hydrogen (secondary N) is 1. The van der Waals surface area contributed by atoms with E-state index in [2.05, 4.69) is 10.2 Å². The van der Waals surface area contributed by atoms with Crippen LogP contribution in [0.25, 0.3) is 0 Å². The Morgan fingerprint density at radius 1 is 1.33 bits per heavy atom. The SMILES string of the molecule is C[C@H](Sc1ccc(Cl)cc1)C(=O)NCCCN1CCCC1. The van der Waals surface area contributed by atoms with Gasteiger partial charge in [-0.1, -0.05) is 11.6 Å². The predicted octanol–water partition coefficient (Wildman–Crippen LogP) is 3.42. The van der Waals surface area contributed by atoms with E-state index >= 15 is 0 Å². The van der Waals surface area contributed by atoms with Crippen LogP contribution in [0.4, 0.5) is 0 Å². The molecule has 3 nitrogen and oxygen atoms in total. The third-order valence-corrected chi connectivity index (χ3v) is 5.01. The molecule has 0 unspecified atom stereocenters. The zero-order chi connectivity index (χ0) is 15.1. The minimum Gasteiger partial charge on any atom is -0.355 e. The van der Waals surface area contributed by atoms with Gasteiger partial charge in [0.15, 0.2) is 0 Å². The van der Waals surface area contributed by atoms with E-state index in [9.17, 15) is 4.79 Å². The number of rotatable bonds is 7. The first-order valence-electron chi connectivity index (χ1n) is 7.57. The summed E-state index contributed by atoms with van der Waals surface area (Å²) < 4.78 is 0. The van der Waals surface area contributed by atoms with Gasteiger partial charge >= 0.3 is 0 Å². The Balaban J connectivity index is 1.63. The smallest absolute Gasteiger partial charge is 0.233 e. The highest BCUT2D eigenvalue weighted by atomic mass is 35.5. The average Bonchev–Trinajstić information content (AvgIpc) is 2.99. The lowest BCUT2D eigenvalue weighted by atomic mass is 10.3. The summed E-state index contributed by atoms with van der Waals surface area (Å²) in [6, 6.07) is 7.60. The molecule has 21 heavy (non-hydrogen) atoms. The number of benzene rings is 1. The number of carbonyl (C=O) groups excluding carboxylic acids is 1. The summed E-state index contributed by atoms with van der Waals surface area (Å²) >= 11 is 7.42. The molecule has 0 spiro atoms. The molecule has 2 rings (SSSR count). The first-order valence-corrected chi connectivity index (χ1v) is 8.83. The fraction of sp³-hybridized carbons (Fsp3) is 0.562. The van der Waals surface area contributed by atoms with Gasteiger partial charge in [-0.05, 0) is 70.1 Å². The fourth-order valence-electron chi connectivity index (χ4n) is 2.44. The molecule has 1 saturated heterocycles. The van der Waals surface area contributed by atoms with Crippen molar-refractivity contribution in [3.05, 3.63) is 29.3 Å². The number of likely N-dealkylation sites (tertiary alicyclic amines) is 1. The van der Waals surface area contributed by atoms with Crippen LogP contribution in [0.15, 0.2) is 29.2 Å². The summed E-state index contributed by atoms with van der Waals surface area (Å²) in [4.78, 5) is 15.6. The van der Waals surface area contributed by atoms with Crippen molar-refractivity contribution in [1.29, 1.82) is 0 Å². The molecule has 1 aliphatic heterocycles. The molecule has 1 fully saturated rings. The average molecular weight is 327 g/mol. The number of hydrogen-bond donors (Lipinski definition) is 1. The molecule has 1 aromatic carbocycles. The minimum absolute atomic E-state index is 0.0852. The van der Waals surface area contributed by atoms with Crippen LogP contribution in [0, 0.1) is 0 Å². The third-order valence-electron chi connectivity index (χ3n) is 3.64. The second kappa shape index (κ2) is 8.66. The maximum Gasteiger partial charge on any atom is 0.233 e. The Labute approximate surface area is 136 Å². The predicted molar refractivity (Wildman–Crippen MR) is 90.1 cm³/mol. The number of nitrogens with zero attached hydrogens (tertiary/aromatic N) is 1. The monoisotopic (exact) mass is 326 g/mol. The molecule has 116 valence electrons. The number of halogens is 1. The third kappa shape index (κ3) is 5.89. The molecule has 1 heterocycles. The second-order valence-electron chi connectivity index (χ2n) is 5.41. The van der Waals surface area contributed by atoms with Crippen molar-refractivity contribution in [3.63, 3.8) is 0 Å². The molecular formula is C16H23ClN2OS. The maximum atomic E-state index is 12.0. The van der Waals surface area contributed by atoms with Crippen LogP contribution >= 0.6 is 23.4 Å². The Bertz CT molecular complexity index is 446. The van der Waals surface area contributed by atoms with Crippen LogP contribution in [0.1, 0.15) is 26.2 Å². The van der Waals surface area contributed by atoms with E-state index in [1.165, 1.54) is 25.9 Å². The summed E-state index contributed by atoms with van der Waals surface area (Å²) in [5.74, 6) is 0.108. The number of thioether (sulfide) groups is 1. The maximum absolute atomic E-state index is 12.0. The van der Waals surface area contributed by atoms with E-state index < -0.39 is 0 Å². The number of carbonyl (C=O) groups is 1. The molecule has 1 atom stereocenters. The molecule has 0 aliphatic carbocycles. The highest BCUT2D eigenvalue weighted by molar-refractivity contribution is 8.00. The van der Waals surface area contributed by atoms with Crippen molar-refractivity contribution in [2.75, 3.05) is 26.2 Å². The van der Waals surface area contributed by atoms with Gasteiger partial charge in [0.05, 0.1) is 5.25 Å². The Morgan fingerprint density at radius 2 is 2.00 bits per heavy atom. The van der Waals surface area contributed by atoms with E-state index in [1.54, 1.807) is 11.8 Å². The van der Waals surface area contributed by atoms with Crippen molar-refractivity contribution >= 4 is 29.3 Å². The lowest BCUT2D eigenvalue weighted by Crippen LogP contribution is -2.33. The van der Waals surface area contributed by atoms with Gasteiger partial charge in [-0.3, -0.25) is 4.79 Å². The highest BCUT2D eigenvalue weighted by Gasteiger charge is 2.14. The molecule has 5 heteroatoms. The first kappa shape index (κ1) is 16.7. The lowest BCUT2D eigenvalue weighted by molar-refractivity contribution is -0.120. The number of amides is 1. The van der Waals surface area contributed by atoms with Crippen LogP contribution in [0.5, 0.6) is 0 Å². The van der Waals surface area contributed by atoms with E-state index in [0.29, 0.717) is 0 Å². The minimum atomic E-state index is -0.0852. The van der Waals surface area contributed by atoms with Gasteiger partial charge in [0.2, 0.25) is 5.91 Å². The summed E-state index contributed by atoms with van der Waals surface area (Å²) in [5.41, 5.74) is 0. The van der Waals surface area contributed by atoms with Gasteiger partial charge < -0.3 is 10.2 Å². The normalized spacial score (nSPS) is 16.9. The van der Waals surface area contributed by atoms with Gasteiger partial charge in [0.1, 0.15) is 0 Å². The van der Waals surface area contributed by atoms with Crippen LogP contribution in [-0.2, 0) is 4.79 Å². The molecule has 1 aromatic rings. The van der Waals surface area contributed by atoms with Crippen molar-refractivity contribution < 1.29 is 4.79 Å². The van der Waals surface area contributed by atoms with Crippen LogP contribution in [0.3, 0.4) is 0 Å². The summed E-state index contributed by atoms with van der Waals surface area (Å²) in [6.45, 7) is 6.24. The zero-order valence-corrected chi connectivity index (χ0v) is 14.1. The largest absolute Gasteiger partial charge is 0.355 e. The van der Waals surface area contributed by atoms with Crippen LogP contribution in [-0.4, -0.2) is 42.2 Å². The van der Waals surface area contributed by atoms with E-state index in [0.717, 1.165) is 29.4 Å². The van der Waals surface area contributed by atoms with Crippen molar-refractivity contribution in [2.24, 2.45) is 0 Å². The van der Waals surface area contributed by atoms with Crippen molar-refractivity contribution in [1.82, 2.24) is 10.2 Å². The summed E-state index contributed by atoms with van der Waals surface area (Å²) in [5, 5.41) is 3.66. The van der Waals surface area contributed by atoms with Gasteiger partial charge in [-0.2, -0.15) is 0 Å². The highest BCUT2D eigenvalue weighted by Crippen LogP contribution is 2.24. The van der Waals surface area contributed by atoms with E-state index in [-0.39, 0.29) is 11.2 Å². The topological polar surface area (TPSA) is 32.3 Å². The summed E-state index contributed by atoms with van der Waals surface area (Å²) in [6.07, 6.45) is 3.67. The first-order chi connectivity index (χ1) is 10.1. The molecule has 0 saturated carbocycles. The standard InChI is InChI=1S/C16H23ClN2OS/c1-13(21-15-7-5-14(17)6-8-15)16(20)18-9-4-12-19-10-2-3-11-19/h5-8,13H,2-4,9-12H2,1H3,(H,18,20)/t13-/m0/s1. The lowest BCUT2D eigenvalue weighted by Gasteiger charge is -2.15. The molecular weight excluding hydrogens is 304 g/mol. The van der Waals surface area contributed by atoms with Gasteiger partial charge in [0.25, 0.3) is 0 Å². The fourth-order valence-corrected chi connectivity index (χ4v) is 3.45. The van der Waals surface area contributed by atoms with Gasteiger partial charge in [-0.15, -0.1) is 11.8 Å².